The highest BCUT2D eigenvalue weighted by atomic mass is 35.5. The molecule has 7 nitrogen and oxygen atoms in total. The number of hydrogen-bond acceptors (Lipinski definition) is 6. The number of benzene rings is 3. The van der Waals surface area contributed by atoms with Gasteiger partial charge in [0.1, 0.15) is 6.61 Å². The lowest BCUT2D eigenvalue weighted by atomic mass is 10.1. The Morgan fingerprint density at radius 2 is 1.77 bits per heavy atom. The first-order valence-corrected chi connectivity index (χ1v) is 11.9. The first kappa shape index (κ1) is 25.0. The van der Waals surface area contributed by atoms with Crippen LogP contribution in [0.4, 0.5) is 11.4 Å². The van der Waals surface area contributed by atoms with E-state index in [1.165, 1.54) is 0 Å². The third kappa shape index (κ3) is 6.31. The predicted molar refractivity (Wildman–Crippen MR) is 138 cm³/mol. The SMILES string of the molecule is COc1cc(CNc2ccc(N3CCOCC3)c(C(=O)O)c2)ccc1OCc1ccc(Cl)c(Cl)c1. The fraction of sp³-hybridized carbons (Fsp3) is 0.269. The minimum absolute atomic E-state index is 0.264. The number of carboxylic acid groups (broad SMARTS) is 1. The van der Waals surface area contributed by atoms with E-state index in [2.05, 4.69) is 5.32 Å². The number of nitrogens with zero attached hydrogens (tertiary/aromatic N) is 1. The monoisotopic (exact) mass is 516 g/mol. The standard InChI is InChI=1S/C26H26Cl2N2O5/c1-33-25-13-17(3-7-24(25)35-16-18-2-5-21(27)22(28)12-18)15-29-19-4-6-23(20(14-19)26(31)32)30-8-10-34-11-9-30/h2-7,12-14,29H,8-11,15-16H2,1H3,(H,31,32). The van der Waals surface area contributed by atoms with E-state index in [1.54, 1.807) is 25.3 Å². The highest BCUT2D eigenvalue weighted by Gasteiger charge is 2.19. The molecule has 0 unspecified atom stereocenters. The van der Waals surface area contributed by atoms with Gasteiger partial charge >= 0.3 is 5.97 Å². The van der Waals surface area contributed by atoms with Crippen LogP contribution >= 0.6 is 23.2 Å². The van der Waals surface area contributed by atoms with E-state index < -0.39 is 5.97 Å². The molecule has 0 radical (unpaired) electrons. The fourth-order valence-corrected chi connectivity index (χ4v) is 4.15. The van der Waals surface area contributed by atoms with Gasteiger partial charge in [-0.3, -0.25) is 0 Å². The zero-order valence-electron chi connectivity index (χ0n) is 19.2. The van der Waals surface area contributed by atoms with Crippen LogP contribution < -0.4 is 19.7 Å². The molecule has 3 aromatic carbocycles. The molecule has 0 amide bonds. The van der Waals surface area contributed by atoms with Gasteiger partial charge in [-0.2, -0.15) is 0 Å². The van der Waals surface area contributed by atoms with Crippen LogP contribution in [0.15, 0.2) is 54.6 Å². The number of aromatic carboxylic acids is 1. The molecule has 1 saturated heterocycles. The largest absolute Gasteiger partial charge is 0.493 e. The molecule has 0 bridgehead atoms. The Morgan fingerprint density at radius 3 is 2.49 bits per heavy atom. The number of hydrogen-bond donors (Lipinski definition) is 2. The van der Waals surface area contributed by atoms with E-state index in [4.69, 9.17) is 37.4 Å². The van der Waals surface area contributed by atoms with Gasteiger partial charge in [0.15, 0.2) is 11.5 Å². The van der Waals surface area contributed by atoms with Crippen molar-refractivity contribution in [3.8, 4) is 11.5 Å². The van der Waals surface area contributed by atoms with E-state index in [0.717, 1.165) is 16.8 Å². The highest BCUT2D eigenvalue weighted by molar-refractivity contribution is 6.42. The number of carbonyl (C=O) groups is 1. The molecule has 0 spiro atoms. The van der Waals surface area contributed by atoms with Crippen LogP contribution in [-0.2, 0) is 17.9 Å². The third-order valence-corrected chi connectivity index (χ3v) is 6.42. The second kappa shape index (κ2) is 11.5. The summed E-state index contributed by atoms with van der Waals surface area (Å²) < 4.78 is 16.8. The highest BCUT2D eigenvalue weighted by Crippen LogP contribution is 2.31. The summed E-state index contributed by atoms with van der Waals surface area (Å²) in [5.74, 6) is 0.240. The van der Waals surface area contributed by atoms with Crippen LogP contribution in [0.5, 0.6) is 11.5 Å². The Morgan fingerprint density at radius 1 is 1.00 bits per heavy atom. The number of morpholine rings is 1. The summed E-state index contributed by atoms with van der Waals surface area (Å²) in [5, 5.41) is 14.0. The first-order valence-electron chi connectivity index (χ1n) is 11.1. The van der Waals surface area contributed by atoms with E-state index in [1.807, 2.05) is 41.3 Å². The van der Waals surface area contributed by atoms with E-state index in [0.29, 0.717) is 66.7 Å². The average Bonchev–Trinajstić information content (AvgIpc) is 2.88. The van der Waals surface area contributed by atoms with Gasteiger partial charge in [0.25, 0.3) is 0 Å². The zero-order valence-corrected chi connectivity index (χ0v) is 20.7. The van der Waals surface area contributed by atoms with E-state index in [9.17, 15) is 9.90 Å². The van der Waals surface area contributed by atoms with Gasteiger partial charge in [0.05, 0.1) is 41.6 Å². The van der Waals surface area contributed by atoms with Crippen molar-refractivity contribution < 1.29 is 24.1 Å². The van der Waals surface area contributed by atoms with Crippen LogP contribution in [0.1, 0.15) is 21.5 Å². The van der Waals surface area contributed by atoms with E-state index >= 15 is 0 Å². The molecule has 2 N–H and O–H groups in total. The van der Waals surface area contributed by atoms with Crippen molar-refractivity contribution >= 4 is 40.5 Å². The third-order valence-electron chi connectivity index (χ3n) is 5.68. The molecule has 0 aromatic heterocycles. The maximum Gasteiger partial charge on any atom is 0.337 e. The van der Waals surface area contributed by atoms with E-state index in [-0.39, 0.29) is 5.56 Å². The number of rotatable bonds is 9. The van der Waals surface area contributed by atoms with Gasteiger partial charge in [-0.05, 0) is 53.6 Å². The van der Waals surface area contributed by atoms with Crippen molar-refractivity contribution in [3.63, 3.8) is 0 Å². The Kier molecular flexibility index (Phi) is 8.23. The van der Waals surface area contributed by atoms with Gasteiger partial charge in [0.2, 0.25) is 0 Å². The number of halogens is 2. The number of methoxy groups -OCH3 is 1. The maximum absolute atomic E-state index is 11.9. The molecule has 1 aliphatic heterocycles. The van der Waals surface area contributed by atoms with Crippen LogP contribution in [0.25, 0.3) is 0 Å². The Balaban J connectivity index is 1.42. The summed E-state index contributed by atoms with van der Waals surface area (Å²) in [6.07, 6.45) is 0. The van der Waals surface area contributed by atoms with Crippen molar-refractivity contribution in [2.45, 2.75) is 13.2 Å². The van der Waals surface area contributed by atoms with Crippen molar-refractivity contribution in [3.05, 3.63) is 81.3 Å². The van der Waals surface area contributed by atoms with Crippen molar-refractivity contribution in [2.75, 3.05) is 43.6 Å². The van der Waals surface area contributed by atoms with Gasteiger partial charge in [-0.15, -0.1) is 0 Å². The Labute approximate surface area is 214 Å². The first-order chi connectivity index (χ1) is 16.9. The van der Waals surface area contributed by atoms with Crippen LogP contribution in [-0.4, -0.2) is 44.5 Å². The van der Waals surface area contributed by atoms with Crippen molar-refractivity contribution in [2.24, 2.45) is 0 Å². The minimum atomic E-state index is -0.958. The van der Waals surface area contributed by atoms with Crippen LogP contribution in [0.3, 0.4) is 0 Å². The molecule has 184 valence electrons. The lowest BCUT2D eigenvalue weighted by molar-refractivity contribution is 0.0696. The molecule has 3 aromatic rings. The van der Waals surface area contributed by atoms with Crippen molar-refractivity contribution in [1.82, 2.24) is 0 Å². The number of nitrogens with one attached hydrogen (secondary N) is 1. The molecule has 1 aliphatic rings. The summed E-state index contributed by atoms with van der Waals surface area (Å²) >= 11 is 12.0. The summed E-state index contributed by atoms with van der Waals surface area (Å²) in [4.78, 5) is 13.9. The second-order valence-corrected chi connectivity index (χ2v) is 8.83. The Hall–Kier alpha value is -3.13. The van der Waals surface area contributed by atoms with Gasteiger partial charge < -0.3 is 29.5 Å². The molecule has 1 heterocycles. The summed E-state index contributed by atoms with van der Waals surface area (Å²) in [7, 11) is 1.59. The molecule has 0 atom stereocenters. The number of carboxylic acids is 1. The molecular formula is C26H26Cl2N2O5. The number of anilines is 2. The zero-order chi connectivity index (χ0) is 24.8. The summed E-state index contributed by atoms with van der Waals surface area (Å²) in [6.45, 7) is 3.33. The lowest BCUT2D eigenvalue weighted by Gasteiger charge is -2.30. The molecule has 35 heavy (non-hydrogen) atoms. The summed E-state index contributed by atoms with van der Waals surface area (Å²) in [5.41, 5.74) is 3.54. The molecule has 4 rings (SSSR count). The number of ether oxygens (including phenoxy) is 3. The molecule has 1 fully saturated rings. The fourth-order valence-electron chi connectivity index (χ4n) is 3.83. The van der Waals surface area contributed by atoms with Crippen LogP contribution in [0.2, 0.25) is 10.0 Å². The lowest BCUT2D eigenvalue weighted by Crippen LogP contribution is -2.37. The quantitative estimate of drug-likeness (QED) is 0.375. The minimum Gasteiger partial charge on any atom is -0.493 e. The van der Waals surface area contributed by atoms with Crippen molar-refractivity contribution in [1.29, 1.82) is 0 Å². The molecule has 0 saturated carbocycles. The van der Waals surface area contributed by atoms with Gasteiger partial charge in [-0.25, -0.2) is 4.79 Å². The van der Waals surface area contributed by atoms with Crippen LogP contribution in [0, 0.1) is 0 Å². The van der Waals surface area contributed by atoms with Gasteiger partial charge in [0, 0.05) is 25.3 Å². The summed E-state index contributed by atoms with van der Waals surface area (Å²) in [6, 6.07) is 16.4. The topological polar surface area (TPSA) is 80.3 Å². The molecule has 9 heteroatoms. The predicted octanol–water partition coefficient (Wildman–Crippen LogP) is 5.73. The molecule has 0 aliphatic carbocycles. The average molecular weight is 517 g/mol. The molecular weight excluding hydrogens is 491 g/mol. The second-order valence-electron chi connectivity index (χ2n) is 8.01. The smallest absolute Gasteiger partial charge is 0.337 e. The normalized spacial score (nSPS) is 13.4. The maximum atomic E-state index is 11.9. The van der Waals surface area contributed by atoms with Gasteiger partial charge in [-0.1, -0.05) is 35.3 Å². The Bertz CT molecular complexity index is 1200.